The van der Waals surface area contributed by atoms with Crippen molar-refractivity contribution in [2.45, 2.75) is 0 Å². The van der Waals surface area contributed by atoms with E-state index in [-0.39, 0.29) is 34.5 Å². The van der Waals surface area contributed by atoms with E-state index >= 15 is 0 Å². The van der Waals surface area contributed by atoms with Gasteiger partial charge in [0.1, 0.15) is 11.2 Å². The monoisotopic (exact) mass is 632 g/mol. The molecular weight excluding hydrogens is 599 g/mol. The van der Waals surface area contributed by atoms with Gasteiger partial charge in [-0.25, -0.2) is 15.0 Å². The van der Waals surface area contributed by atoms with Crippen LogP contribution in [0.25, 0.3) is 99.5 Å². The number of benzene rings is 8. The number of rotatable bonds is 4. The summed E-state index contributed by atoms with van der Waals surface area (Å²) in [5.74, 6) is 1.57. The largest absolute Gasteiger partial charge is 0.455 e. The first kappa shape index (κ1) is 21.3. The van der Waals surface area contributed by atoms with E-state index < -0.39 is 24.2 Å². The van der Waals surface area contributed by atoms with Gasteiger partial charge in [0.2, 0.25) is 0 Å². The third-order valence-corrected chi connectivity index (χ3v) is 8.96. The predicted molar refractivity (Wildman–Crippen MR) is 201 cm³/mol. The Morgan fingerprint density at radius 1 is 0.429 bits per heavy atom. The van der Waals surface area contributed by atoms with Gasteiger partial charge in [0.15, 0.2) is 17.5 Å². The third-order valence-electron chi connectivity index (χ3n) is 8.96. The number of nitrogens with zero attached hydrogens (tertiary/aromatic N) is 3. The normalized spacial score (nSPS) is 13.7. The maximum atomic E-state index is 9.07. The highest BCUT2D eigenvalue weighted by molar-refractivity contribution is 6.19. The van der Waals surface area contributed by atoms with E-state index in [1.807, 2.05) is 91.0 Å². The molecule has 0 aliphatic carbocycles. The molecule has 49 heavy (non-hydrogen) atoms. The van der Waals surface area contributed by atoms with Gasteiger partial charge in [-0.2, -0.15) is 0 Å². The molecule has 0 saturated heterocycles. The Hall–Kier alpha value is -6.65. The van der Waals surface area contributed by atoms with Gasteiger partial charge < -0.3 is 4.42 Å². The number of hydrogen-bond acceptors (Lipinski definition) is 4. The Morgan fingerprint density at radius 2 is 1.14 bits per heavy atom. The Balaban J connectivity index is 1.21. The Labute approximate surface area is 291 Å². The number of aromatic nitrogens is 3. The van der Waals surface area contributed by atoms with Crippen LogP contribution < -0.4 is 0 Å². The van der Waals surface area contributed by atoms with Crippen LogP contribution in [-0.4, -0.2) is 15.0 Å². The molecule has 0 atom stereocenters. The van der Waals surface area contributed by atoms with Crippen molar-refractivity contribution in [3.8, 4) is 45.3 Å². The predicted octanol–water partition coefficient (Wildman–Crippen LogP) is 11.9. The van der Waals surface area contributed by atoms with Crippen LogP contribution in [0.15, 0.2) is 168 Å². The van der Waals surface area contributed by atoms with Crippen molar-refractivity contribution in [1.29, 1.82) is 0 Å². The molecular formula is C45H27N3O. The molecule has 2 aromatic heterocycles. The smallest absolute Gasteiger partial charge is 0.164 e. The van der Waals surface area contributed by atoms with Gasteiger partial charge in [-0.15, -0.1) is 0 Å². The maximum Gasteiger partial charge on any atom is 0.164 e. The second-order valence-electron chi connectivity index (χ2n) is 11.9. The minimum absolute atomic E-state index is 0.0834. The highest BCUT2D eigenvalue weighted by atomic mass is 16.3. The minimum Gasteiger partial charge on any atom is -0.455 e. The zero-order chi connectivity index (χ0) is 38.4. The van der Waals surface area contributed by atoms with E-state index in [2.05, 4.69) is 18.2 Å². The molecule has 4 heteroatoms. The summed E-state index contributed by atoms with van der Waals surface area (Å²) in [4.78, 5) is 15.2. The van der Waals surface area contributed by atoms with Gasteiger partial charge in [0, 0.05) is 32.8 Å². The standard InChI is InChI=1S/C45H27N3O/c1-2-13-30(14-3-1)43-46-44(38-20-10-16-29-12-6-7-17-34(29)38)48-45(47-43)40-27-39-36-24-23-33(32-22-21-28-11-4-5-15-31(28)25-32)26-41(36)49-42(39)37-19-9-8-18-35(37)40/h1-27H/i4D,5D,11D,15D,21D,22D,25D. The molecule has 0 bridgehead atoms. The van der Waals surface area contributed by atoms with Crippen LogP contribution in [-0.2, 0) is 0 Å². The molecule has 0 saturated carbocycles. The first-order chi connectivity index (χ1) is 27.2. The van der Waals surface area contributed by atoms with Crippen LogP contribution in [0.1, 0.15) is 9.60 Å². The molecule has 10 rings (SSSR count). The fraction of sp³-hybridized carbons (Fsp3) is 0. The van der Waals surface area contributed by atoms with Gasteiger partial charge in [-0.1, -0.05) is 139 Å². The van der Waals surface area contributed by atoms with Gasteiger partial charge in [-0.3, -0.25) is 0 Å². The van der Waals surface area contributed by atoms with Crippen molar-refractivity contribution in [1.82, 2.24) is 15.0 Å². The van der Waals surface area contributed by atoms with Gasteiger partial charge in [0.25, 0.3) is 0 Å². The molecule has 0 unspecified atom stereocenters. The van der Waals surface area contributed by atoms with Crippen molar-refractivity contribution < 1.29 is 14.0 Å². The topological polar surface area (TPSA) is 51.8 Å². The summed E-state index contributed by atoms with van der Waals surface area (Å²) in [6.45, 7) is 0. The summed E-state index contributed by atoms with van der Waals surface area (Å²) in [7, 11) is 0. The van der Waals surface area contributed by atoms with Gasteiger partial charge in [-0.05, 0) is 62.3 Å². The fourth-order valence-electron chi connectivity index (χ4n) is 6.62. The second kappa shape index (κ2) is 11.0. The lowest BCUT2D eigenvalue weighted by Crippen LogP contribution is -2.01. The van der Waals surface area contributed by atoms with E-state index in [4.69, 9.17) is 29.0 Å². The molecule has 2 heterocycles. The molecule has 4 nitrogen and oxygen atoms in total. The highest BCUT2D eigenvalue weighted by Crippen LogP contribution is 2.41. The van der Waals surface area contributed by atoms with E-state index in [0.717, 1.165) is 49.0 Å². The number of fused-ring (bicyclic) bond motifs is 7. The second-order valence-corrected chi connectivity index (χ2v) is 11.9. The first-order valence-corrected chi connectivity index (χ1v) is 15.9. The Bertz CT molecular complexity index is 3290. The van der Waals surface area contributed by atoms with Crippen LogP contribution >= 0.6 is 0 Å². The molecule has 8 aromatic carbocycles. The zero-order valence-corrected chi connectivity index (χ0v) is 25.8. The summed E-state index contributed by atoms with van der Waals surface area (Å²) in [5.41, 5.74) is 4.14. The van der Waals surface area contributed by atoms with Crippen LogP contribution in [0.2, 0.25) is 0 Å². The van der Waals surface area contributed by atoms with Gasteiger partial charge >= 0.3 is 0 Å². The zero-order valence-electron chi connectivity index (χ0n) is 32.8. The minimum atomic E-state index is -0.504. The van der Waals surface area contributed by atoms with Crippen LogP contribution in [0.3, 0.4) is 0 Å². The van der Waals surface area contributed by atoms with Crippen LogP contribution in [0.4, 0.5) is 0 Å². The highest BCUT2D eigenvalue weighted by Gasteiger charge is 2.20. The third kappa shape index (κ3) is 4.57. The molecule has 0 radical (unpaired) electrons. The average Bonchev–Trinajstić information content (AvgIpc) is 3.61. The molecule has 0 amide bonds. The van der Waals surface area contributed by atoms with E-state index in [9.17, 15) is 0 Å². The summed E-state index contributed by atoms with van der Waals surface area (Å²) in [6, 6.07) is 36.6. The maximum absolute atomic E-state index is 9.07. The van der Waals surface area contributed by atoms with Crippen LogP contribution in [0, 0.1) is 0 Å². The summed E-state index contributed by atoms with van der Waals surface area (Å²) >= 11 is 0. The van der Waals surface area contributed by atoms with Crippen molar-refractivity contribution in [3.63, 3.8) is 0 Å². The molecule has 0 spiro atoms. The molecule has 10 aromatic rings. The van der Waals surface area contributed by atoms with Crippen molar-refractivity contribution in [3.05, 3.63) is 164 Å². The summed E-state index contributed by atoms with van der Waals surface area (Å²) in [5, 5.41) is 5.15. The van der Waals surface area contributed by atoms with E-state index in [1.54, 1.807) is 12.1 Å². The number of hydrogen-bond donors (Lipinski definition) is 0. The lowest BCUT2D eigenvalue weighted by Gasteiger charge is -2.12. The lowest BCUT2D eigenvalue weighted by atomic mass is 9.98. The average molecular weight is 633 g/mol. The quantitative estimate of drug-likeness (QED) is 0.194. The fourth-order valence-corrected chi connectivity index (χ4v) is 6.62. The van der Waals surface area contributed by atoms with Crippen molar-refractivity contribution in [2.75, 3.05) is 0 Å². The number of furan rings is 1. The summed E-state index contributed by atoms with van der Waals surface area (Å²) < 4.78 is 66.5. The van der Waals surface area contributed by atoms with Crippen molar-refractivity contribution >= 4 is 54.3 Å². The van der Waals surface area contributed by atoms with Crippen LogP contribution in [0.5, 0.6) is 0 Å². The van der Waals surface area contributed by atoms with E-state index in [1.165, 1.54) is 0 Å². The SMILES string of the molecule is [2H]c1c([2H])c([2H])c2c([2H])c(-c3ccc4c(c3)oc3c5ccccc5c(-c5nc(-c6ccccc6)nc(-c6cccc7ccccc67)n5)cc43)c([2H])c([2H])c2c1[2H]. The molecule has 0 N–H and O–H groups in total. The Morgan fingerprint density at radius 3 is 2.02 bits per heavy atom. The molecule has 0 aliphatic rings. The van der Waals surface area contributed by atoms with Crippen molar-refractivity contribution in [2.24, 2.45) is 0 Å². The molecule has 228 valence electrons. The lowest BCUT2D eigenvalue weighted by molar-refractivity contribution is 0.673. The van der Waals surface area contributed by atoms with E-state index in [0.29, 0.717) is 34.2 Å². The molecule has 0 fully saturated rings. The van der Waals surface area contributed by atoms with Gasteiger partial charge in [0.05, 0.1) is 9.60 Å². The first-order valence-electron chi connectivity index (χ1n) is 19.4. The summed E-state index contributed by atoms with van der Waals surface area (Å²) in [6.07, 6.45) is 0. The Kier molecular flexibility index (Phi) is 4.76. The molecule has 0 aliphatic heterocycles.